The Balaban J connectivity index is 1.62. The normalized spacial score (nSPS) is 20.0. The van der Waals surface area contributed by atoms with Crippen molar-refractivity contribution in [3.05, 3.63) is 36.9 Å². The zero-order chi connectivity index (χ0) is 15.4. The summed E-state index contributed by atoms with van der Waals surface area (Å²) in [7, 11) is 0. The lowest BCUT2D eigenvalue weighted by Gasteiger charge is -2.29. The molecule has 1 amide bonds. The number of hydrogen-bond acceptors (Lipinski definition) is 5. The van der Waals surface area contributed by atoms with E-state index in [0.717, 1.165) is 25.9 Å². The highest BCUT2D eigenvalue weighted by Crippen LogP contribution is 2.22. The molecule has 7 nitrogen and oxygen atoms in total. The van der Waals surface area contributed by atoms with Crippen molar-refractivity contribution < 1.29 is 4.79 Å². The van der Waals surface area contributed by atoms with Gasteiger partial charge in [0.1, 0.15) is 0 Å². The van der Waals surface area contributed by atoms with Crippen molar-refractivity contribution in [3.8, 4) is 0 Å². The van der Waals surface area contributed by atoms with Crippen molar-refractivity contribution in [2.75, 3.05) is 11.9 Å². The molecule has 1 saturated heterocycles. The second-order valence-corrected chi connectivity index (χ2v) is 5.50. The number of nitrogens with zero attached hydrogens (tertiary/aromatic N) is 5. The van der Waals surface area contributed by atoms with Crippen molar-refractivity contribution in [3.63, 3.8) is 0 Å². The highest BCUT2D eigenvalue weighted by Gasteiger charge is 2.32. The molecule has 3 heterocycles. The van der Waals surface area contributed by atoms with Gasteiger partial charge >= 0.3 is 0 Å². The maximum atomic E-state index is 12.4. The number of carbonyl (C=O) groups excluding carboxylic acids is 1. The summed E-state index contributed by atoms with van der Waals surface area (Å²) in [6, 6.07) is 3.76. The molecule has 1 aliphatic heterocycles. The van der Waals surface area contributed by atoms with E-state index in [0.29, 0.717) is 12.0 Å². The van der Waals surface area contributed by atoms with Crippen LogP contribution in [0.25, 0.3) is 0 Å². The molecule has 3 rings (SSSR count). The van der Waals surface area contributed by atoms with Crippen molar-refractivity contribution in [2.45, 2.75) is 38.4 Å². The van der Waals surface area contributed by atoms with Gasteiger partial charge in [0.2, 0.25) is 11.9 Å². The molecule has 0 unspecified atom stereocenters. The van der Waals surface area contributed by atoms with E-state index in [4.69, 9.17) is 0 Å². The lowest BCUT2D eigenvalue weighted by molar-refractivity contribution is -0.121. The van der Waals surface area contributed by atoms with Crippen LogP contribution in [0.4, 0.5) is 5.95 Å². The number of carbonyl (C=O) groups is 1. The minimum atomic E-state index is -0.216. The summed E-state index contributed by atoms with van der Waals surface area (Å²) in [6.07, 6.45) is 9.15. The van der Waals surface area contributed by atoms with Gasteiger partial charge in [-0.05, 0) is 38.4 Å². The van der Waals surface area contributed by atoms with Crippen LogP contribution >= 0.6 is 0 Å². The second kappa shape index (κ2) is 6.65. The zero-order valence-corrected chi connectivity index (χ0v) is 12.6. The van der Waals surface area contributed by atoms with Crippen LogP contribution in [0.2, 0.25) is 0 Å². The molecule has 1 fully saturated rings. The lowest BCUT2D eigenvalue weighted by Crippen LogP contribution is -2.46. The summed E-state index contributed by atoms with van der Waals surface area (Å²) in [5.74, 6) is 0.278. The highest BCUT2D eigenvalue weighted by molar-refractivity contribution is 5.93. The molecule has 2 aromatic heterocycles. The first-order valence-corrected chi connectivity index (χ1v) is 7.55. The number of rotatable bonds is 5. The first-order chi connectivity index (χ1) is 10.7. The molecule has 0 saturated carbocycles. The minimum Gasteiger partial charge on any atom is -0.293 e. The van der Waals surface area contributed by atoms with Gasteiger partial charge in [-0.25, -0.2) is 9.97 Å². The van der Waals surface area contributed by atoms with Crippen LogP contribution in [-0.4, -0.2) is 49.2 Å². The van der Waals surface area contributed by atoms with Crippen molar-refractivity contribution in [1.29, 1.82) is 0 Å². The average Bonchev–Trinajstić information content (AvgIpc) is 3.20. The molecule has 0 aromatic carbocycles. The Hall–Kier alpha value is -2.28. The Morgan fingerprint density at radius 3 is 2.91 bits per heavy atom. The first kappa shape index (κ1) is 14.6. The fourth-order valence-corrected chi connectivity index (χ4v) is 2.92. The summed E-state index contributed by atoms with van der Waals surface area (Å²) in [4.78, 5) is 22.7. The van der Waals surface area contributed by atoms with Crippen LogP contribution in [0.5, 0.6) is 0 Å². The van der Waals surface area contributed by atoms with Gasteiger partial charge in [-0.1, -0.05) is 0 Å². The summed E-state index contributed by atoms with van der Waals surface area (Å²) < 4.78 is 1.92. The highest BCUT2D eigenvalue weighted by atomic mass is 16.2. The van der Waals surface area contributed by atoms with Crippen LogP contribution in [0, 0.1) is 0 Å². The molecule has 0 bridgehead atoms. The Labute approximate surface area is 129 Å². The smallest absolute Gasteiger partial charge is 0.243 e. The van der Waals surface area contributed by atoms with Gasteiger partial charge in [-0.2, -0.15) is 5.10 Å². The Bertz CT molecular complexity index is 600. The molecule has 2 atom stereocenters. The van der Waals surface area contributed by atoms with E-state index in [-0.39, 0.29) is 11.9 Å². The van der Waals surface area contributed by atoms with Gasteiger partial charge in [0.15, 0.2) is 0 Å². The van der Waals surface area contributed by atoms with E-state index >= 15 is 0 Å². The summed E-state index contributed by atoms with van der Waals surface area (Å²) in [5.41, 5.74) is 0. The Kier molecular flexibility index (Phi) is 4.43. The quantitative estimate of drug-likeness (QED) is 0.897. The monoisotopic (exact) mass is 300 g/mol. The zero-order valence-electron chi connectivity index (χ0n) is 12.6. The first-order valence-electron chi connectivity index (χ1n) is 7.55. The predicted octanol–water partition coefficient (Wildman–Crippen LogP) is 1.16. The molecule has 0 spiro atoms. The molecule has 7 heteroatoms. The number of aromatic nitrogens is 4. The molecule has 1 aliphatic rings. The summed E-state index contributed by atoms with van der Waals surface area (Å²) in [5, 5.41) is 7.03. The van der Waals surface area contributed by atoms with E-state index in [1.54, 1.807) is 24.7 Å². The summed E-state index contributed by atoms with van der Waals surface area (Å²) >= 11 is 0. The van der Waals surface area contributed by atoms with Gasteiger partial charge < -0.3 is 0 Å². The van der Waals surface area contributed by atoms with Crippen LogP contribution < -0.4 is 5.32 Å². The number of likely N-dealkylation sites (tertiary alicyclic amines) is 1. The van der Waals surface area contributed by atoms with Crippen molar-refractivity contribution >= 4 is 11.9 Å². The van der Waals surface area contributed by atoms with Gasteiger partial charge in [0.05, 0.1) is 12.6 Å². The third-order valence-electron chi connectivity index (χ3n) is 4.06. The van der Waals surface area contributed by atoms with E-state index in [2.05, 4.69) is 25.3 Å². The number of amides is 1. The van der Waals surface area contributed by atoms with Crippen LogP contribution in [0.1, 0.15) is 19.8 Å². The fourth-order valence-electron chi connectivity index (χ4n) is 2.92. The number of nitrogens with one attached hydrogen (secondary N) is 1. The summed E-state index contributed by atoms with van der Waals surface area (Å²) in [6.45, 7) is 3.67. The maximum Gasteiger partial charge on any atom is 0.243 e. The van der Waals surface area contributed by atoms with Crippen LogP contribution in [-0.2, 0) is 11.3 Å². The van der Waals surface area contributed by atoms with Crippen LogP contribution in [0.3, 0.4) is 0 Å². The van der Waals surface area contributed by atoms with Gasteiger partial charge in [0.25, 0.3) is 0 Å². The number of hydrogen-bond donors (Lipinski definition) is 1. The van der Waals surface area contributed by atoms with E-state index in [1.165, 1.54) is 0 Å². The number of anilines is 1. The average molecular weight is 300 g/mol. The van der Waals surface area contributed by atoms with Gasteiger partial charge in [0, 0.05) is 30.8 Å². The molecular weight excluding hydrogens is 280 g/mol. The second-order valence-electron chi connectivity index (χ2n) is 5.50. The minimum absolute atomic E-state index is 0.0708. The van der Waals surface area contributed by atoms with Crippen molar-refractivity contribution in [2.24, 2.45) is 0 Å². The predicted molar refractivity (Wildman–Crippen MR) is 82.1 cm³/mol. The fraction of sp³-hybridized carbons (Fsp3) is 0.467. The third kappa shape index (κ3) is 3.30. The molecule has 0 radical (unpaired) electrons. The topological polar surface area (TPSA) is 75.9 Å². The Morgan fingerprint density at radius 2 is 2.18 bits per heavy atom. The van der Waals surface area contributed by atoms with Crippen LogP contribution in [0.15, 0.2) is 36.9 Å². The Morgan fingerprint density at radius 1 is 1.36 bits per heavy atom. The molecule has 1 N–H and O–H groups in total. The molecule has 2 aromatic rings. The third-order valence-corrected chi connectivity index (χ3v) is 4.06. The largest absolute Gasteiger partial charge is 0.293 e. The van der Waals surface area contributed by atoms with E-state index in [1.807, 2.05) is 23.9 Å². The standard InChI is InChI=1S/C15H20N6O/c1-12(14(22)19-15-16-6-3-7-17-15)21-10-2-5-13(21)11-20-9-4-8-18-20/h3-4,6-9,12-13H,2,5,10-11H2,1H3,(H,16,17,19,22)/t12-,13+/m0/s1. The van der Waals surface area contributed by atoms with E-state index < -0.39 is 0 Å². The molecular formula is C15H20N6O. The SMILES string of the molecule is C[C@@H](C(=O)Nc1ncccn1)N1CCC[C@@H]1Cn1cccn1. The molecule has 116 valence electrons. The molecule has 0 aliphatic carbocycles. The lowest BCUT2D eigenvalue weighted by atomic mass is 10.2. The van der Waals surface area contributed by atoms with Gasteiger partial charge in [-0.15, -0.1) is 0 Å². The molecule has 22 heavy (non-hydrogen) atoms. The van der Waals surface area contributed by atoms with Gasteiger partial charge in [-0.3, -0.25) is 19.7 Å². The maximum absolute atomic E-state index is 12.4. The van der Waals surface area contributed by atoms with E-state index in [9.17, 15) is 4.79 Å². The van der Waals surface area contributed by atoms with Crippen molar-refractivity contribution in [1.82, 2.24) is 24.6 Å².